The maximum absolute atomic E-state index is 5.69. The highest BCUT2D eigenvalue weighted by molar-refractivity contribution is 7.11. The molecule has 1 aliphatic rings. The number of hydrogen-bond acceptors (Lipinski definition) is 4. The van der Waals surface area contributed by atoms with Gasteiger partial charge in [0, 0.05) is 30.0 Å². The zero-order valence-electron chi connectivity index (χ0n) is 13.6. The first-order chi connectivity index (χ1) is 9.32. The molecule has 1 atom stereocenters. The van der Waals surface area contributed by atoms with E-state index in [0.29, 0.717) is 12.0 Å². The molecule has 0 aliphatic heterocycles. The van der Waals surface area contributed by atoms with E-state index in [1.807, 2.05) is 18.4 Å². The molecule has 1 aliphatic carbocycles. The van der Waals surface area contributed by atoms with Crippen LogP contribution >= 0.6 is 11.3 Å². The molecule has 1 aromatic rings. The van der Waals surface area contributed by atoms with Crippen molar-refractivity contribution in [3.8, 4) is 0 Å². The summed E-state index contributed by atoms with van der Waals surface area (Å²) in [4.78, 5) is 6.31. The molecule has 20 heavy (non-hydrogen) atoms. The average Bonchev–Trinajstić information content (AvgIpc) is 3.05. The summed E-state index contributed by atoms with van der Waals surface area (Å²) in [5, 5.41) is 4.69. The Labute approximate surface area is 127 Å². The highest BCUT2D eigenvalue weighted by atomic mass is 32.1. The summed E-state index contributed by atoms with van der Waals surface area (Å²) in [5.74, 6) is 0.685. The lowest BCUT2D eigenvalue weighted by molar-refractivity contribution is 0.0841. The average molecular weight is 296 g/mol. The monoisotopic (exact) mass is 296 g/mol. The van der Waals surface area contributed by atoms with Gasteiger partial charge < -0.3 is 10.1 Å². The van der Waals surface area contributed by atoms with Crippen molar-refractivity contribution in [3.05, 3.63) is 15.6 Å². The lowest BCUT2D eigenvalue weighted by atomic mass is 9.91. The van der Waals surface area contributed by atoms with Gasteiger partial charge in [-0.25, -0.2) is 4.98 Å². The van der Waals surface area contributed by atoms with E-state index in [9.17, 15) is 0 Å². The van der Waals surface area contributed by atoms with Gasteiger partial charge in [0.05, 0.1) is 5.69 Å². The molecule has 1 aromatic heterocycles. The molecule has 0 saturated heterocycles. The Hall–Kier alpha value is -0.450. The van der Waals surface area contributed by atoms with Crippen LogP contribution in [0.5, 0.6) is 0 Å². The minimum absolute atomic E-state index is 0.0879. The number of rotatable bonds is 6. The molecule has 0 amide bonds. The fourth-order valence-electron chi connectivity index (χ4n) is 2.39. The second kappa shape index (κ2) is 6.12. The molecule has 0 aromatic carbocycles. The normalized spacial score (nSPS) is 17.8. The lowest BCUT2D eigenvalue weighted by Gasteiger charge is -2.18. The minimum atomic E-state index is 0.0879. The van der Waals surface area contributed by atoms with Crippen LogP contribution in [0.2, 0.25) is 0 Å². The number of hydrogen-bond donors (Lipinski definition) is 1. The van der Waals surface area contributed by atoms with E-state index in [-0.39, 0.29) is 11.5 Å². The third-order valence-corrected chi connectivity index (χ3v) is 4.76. The second-order valence-corrected chi connectivity index (χ2v) is 8.22. The fourth-order valence-corrected chi connectivity index (χ4v) is 3.79. The summed E-state index contributed by atoms with van der Waals surface area (Å²) in [6.45, 7) is 12.0. The Morgan fingerprint density at radius 2 is 2.00 bits per heavy atom. The van der Waals surface area contributed by atoms with Gasteiger partial charge in [0.2, 0.25) is 0 Å². The van der Waals surface area contributed by atoms with Crippen LogP contribution in [0.4, 0.5) is 0 Å². The summed E-state index contributed by atoms with van der Waals surface area (Å²) in [6, 6.07) is 0.495. The number of aromatic nitrogens is 1. The molecule has 114 valence electrons. The van der Waals surface area contributed by atoms with Crippen molar-refractivity contribution in [2.75, 3.05) is 7.11 Å². The molecule has 0 radical (unpaired) electrons. The minimum Gasteiger partial charge on any atom is -0.374 e. The first kappa shape index (κ1) is 15.9. The van der Waals surface area contributed by atoms with Crippen LogP contribution in [0.3, 0.4) is 0 Å². The van der Waals surface area contributed by atoms with E-state index in [0.717, 1.165) is 6.54 Å². The van der Waals surface area contributed by atoms with Crippen molar-refractivity contribution in [2.45, 2.75) is 71.6 Å². The summed E-state index contributed by atoms with van der Waals surface area (Å²) >= 11 is 1.83. The van der Waals surface area contributed by atoms with Crippen molar-refractivity contribution in [3.63, 3.8) is 0 Å². The van der Waals surface area contributed by atoms with Crippen molar-refractivity contribution < 1.29 is 4.74 Å². The summed E-state index contributed by atoms with van der Waals surface area (Å²) in [6.07, 6.45) is 2.76. The van der Waals surface area contributed by atoms with Crippen LogP contribution in [0, 0.1) is 5.92 Å². The smallest absolute Gasteiger partial charge is 0.122 e. The van der Waals surface area contributed by atoms with Gasteiger partial charge in [-0.1, -0.05) is 34.6 Å². The first-order valence-corrected chi connectivity index (χ1v) is 8.40. The van der Waals surface area contributed by atoms with E-state index < -0.39 is 0 Å². The lowest BCUT2D eigenvalue weighted by Crippen LogP contribution is -2.23. The van der Waals surface area contributed by atoms with Crippen LogP contribution in [0.1, 0.15) is 69.1 Å². The molecule has 4 heteroatoms. The van der Waals surface area contributed by atoms with E-state index >= 15 is 0 Å². The van der Waals surface area contributed by atoms with Crippen molar-refractivity contribution in [1.29, 1.82) is 0 Å². The first-order valence-electron chi connectivity index (χ1n) is 7.59. The molecule has 1 fully saturated rings. The second-order valence-electron chi connectivity index (χ2n) is 7.10. The van der Waals surface area contributed by atoms with Gasteiger partial charge in [0.1, 0.15) is 11.1 Å². The van der Waals surface area contributed by atoms with E-state index in [1.165, 1.54) is 28.4 Å². The Morgan fingerprint density at radius 3 is 2.45 bits per heavy atom. The highest BCUT2D eigenvalue weighted by Gasteiger charge is 2.36. The maximum atomic E-state index is 5.69. The van der Waals surface area contributed by atoms with E-state index in [4.69, 9.17) is 9.72 Å². The Morgan fingerprint density at radius 1 is 1.35 bits per heavy atom. The van der Waals surface area contributed by atoms with E-state index in [2.05, 4.69) is 39.9 Å². The molecule has 1 heterocycles. The predicted octanol–water partition coefficient (Wildman–Crippen LogP) is 4.04. The Bertz CT molecular complexity index is 444. The van der Waals surface area contributed by atoms with Gasteiger partial charge in [0.25, 0.3) is 0 Å². The Balaban J connectivity index is 2.26. The predicted molar refractivity (Wildman–Crippen MR) is 85.3 cm³/mol. The number of ether oxygens (including phenoxy) is 1. The van der Waals surface area contributed by atoms with Gasteiger partial charge in [-0.3, -0.25) is 0 Å². The standard InChI is InChI=1S/C16H28N2OS/c1-10(2)17-9-12-14(16(3,4)5)18-15(20-12)13(19-6)11-7-8-11/h10-11,13,17H,7-9H2,1-6H3. The quantitative estimate of drug-likeness (QED) is 0.860. The summed E-state index contributed by atoms with van der Waals surface area (Å²) in [7, 11) is 1.81. The maximum Gasteiger partial charge on any atom is 0.122 e. The highest BCUT2D eigenvalue weighted by Crippen LogP contribution is 2.45. The van der Waals surface area contributed by atoms with Crippen molar-refractivity contribution in [1.82, 2.24) is 10.3 Å². The number of nitrogens with one attached hydrogen (secondary N) is 1. The van der Waals surface area contributed by atoms with Gasteiger partial charge in [0.15, 0.2) is 0 Å². The zero-order valence-corrected chi connectivity index (χ0v) is 14.4. The van der Waals surface area contributed by atoms with Crippen LogP contribution in [0.15, 0.2) is 0 Å². The molecule has 1 unspecified atom stereocenters. The molecule has 3 nitrogen and oxygen atoms in total. The van der Waals surface area contributed by atoms with Gasteiger partial charge in [-0.2, -0.15) is 0 Å². The molecule has 0 bridgehead atoms. The topological polar surface area (TPSA) is 34.1 Å². The van der Waals surface area contributed by atoms with Gasteiger partial charge in [-0.05, 0) is 18.8 Å². The Kier molecular flexibility index (Phi) is 4.88. The van der Waals surface area contributed by atoms with Crippen LogP contribution < -0.4 is 5.32 Å². The molecule has 1 N–H and O–H groups in total. The fraction of sp³-hybridized carbons (Fsp3) is 0.812. The SMILES string of the molecule is COC(c1nc(C(C)(C)C)c(CNC(C)C)s1)C1CC1. The molecule has 1 saturated carbocycles. The van der Waals surface area contributed by atoms with Crippen molar-refractivity contribution >= 4 is 11.3 Å². The third kappa shape index (κ3) is 3.80. The van der Waals surface area contributed by atoms with Crippen LogP contribution in [-0.2, 0) is 16.7 Å². The van der Waals surface area contributed by atoms with Crippen molar-refractivity contribution in [2.24, 2.45) is 5.92 Å². The van der Waals surface area contributed by atoms with Gasteiger partial charge in [-0.15, -0.1) is 11.3 Å². The van der Waals surface area contributed by atoms with Crippen LogP contribution in [-0.4, -0.2) is 18.1 Å². The molecular formula is C16H28N2OS. The number of thiazole rings is 1. The summed E-state index contributed by atoms with van der Waals surface area (Å²) < 4.78 is 5.69. The molecular weight excluding hydrogens is 268 g/mol. The summed E-state index contributed by atoms with van der Waals surface area (Å²) in [5.41, 5.74) is 1.32. The third-order valence-electron chi connectivity index (χ3n) is 3.64. The molecule has 2 rings (SSSR count). The van der Waals surface area contributed by atoms with Crippen LogP contribution in [0.25, 0.3) is 0 Å². The zero-order chi connectivity index (χ0) is 14.9. The van der Waals surface area contributed by atoms with E-state index in [1.54, 1.807) is 0 Å². The van der Waals surface area contributed by atoms with Gasteiger partial charge >= 0.3 is 0 Å². The largest absolute Gasteiger partial charge is 0.374 e. The number of nitrogens with zero attached hydrogens (tertiary/aromatic N) is 1. The molecule has 0 spiro atoms. The number of methoxy groups -OCH3 is 1.